The van der Waals surface area contributed by atoms with Gasteiger partial charge >= 0.3 is 0 Å². The monoisotopic (exact) mass is 297 g/mol. The molecule has 0 aliphatic rings. The number of amides is 1. The molecule has 0 heterocycles. The highest BCUT2D eigenvalue weighted by Gasteiger charge is 2.25. The number of methoxy groups -OCH3 is 1. The van der Waals surface area contributed by atoms with Crippen LogP contribution in [0.4, 0.5) is 4.39 Å². The van der Waals surface area contributed by atoms with Crippen LogP contribution >= 0.6 is 0 Å². The maximum Gasteiger partial charge on any atom is 0.223 e. The molecular formula is C16H24FNO3. The first kappa shape index (κ1) is 17.6. The molecule has 0 aliphatic carbocycles. The Morgan fingerprint density at radius 3 is 2.62 bits per heavy atom. The molecule has 0 saturated carbocycles. The molecule has 0 bridgehead atoms. The van der Waals surface area contributed by atoms with Crippen LogP contribution in [0.25, 0.3) is 0 Å². The van der Waals surface area contributed by atoms with Gasteiger partial charge in [-0.05, 0) is 23.1 Å². The molecule has 2 atom stereocenters. The molecule has 4 nitrogen and oxygen atoms in total. The minimum atomic E-state index is -1.02. The normalized spacial score (nSPS) is 14.6. The largest absolute Gasteiger partial charge is 0.388 e. The van der Waals surface area contributed by atoms with Crippen molar-refractivity contribution in [3.05, 3.63) is 35.6 Å². The average molecular weight is 297 g/mol. The van der Waals surface area contributed by atoms with Crippen molar-refractivity contribution in [2.75, 3.05) is 13.7 Å². The zero-order valence-corrected chi connectivity index (χ0v) is 13.0. The average Bonchev–Trinajstić information content (AvgIpc) is 2.37. The van der Waals surface area contributed by atoms with Crippen molar-refractivity contribution in [2.45, 2.75) is 39.4 Å². The molecule has 1 amide bonds. The molecule has 0 radical (unpaired) electrons. The van der Waals surface area contributed by atoms with E-state index in [2.05, 4.69) is 5.32 Å². The maximum atomic E-state index is 13.1. The van der Waals surface area contributed by atoms with Gasteiger partial charge in [-0.1, -0.05) is 32.9 Å². The number of carbonyl (C=O) groups excluding carboxylic acids is 1. The number of ether oxygens (including phenoxy) is 1. The lowest BCUT2D eigenvalue weighted by Gasteiger charge is -2.29. The summed E-state index contributed by atoms with van der Waals surface area (Å²) in [4.78, 5) is 11.8. The van der Waals surface area contributed by atoms with Gasteiger partial charge in [0, 0.05) is 13.7 Å². The van der Waals surface area contributed by atoms with E-state index in [1.807, 2.05) is 20.8 Å². The van der Waals surface area contributed by atoms with Gasteiger partial charge in [0.25, 0.3) is 0 Å². The minimum absolute atomic E-state index is 0.0940. The molecule has 0 aromatic heterocycles. The van der Waals surface area contributed by atoms with Gasteiger partial charge in [0.1, 0.15) is 5.82 Å². The molecule has 1 rings (SSSR count). The zero-order valence-electron chi connectivity index (χ0n) is 13.0. The fourth-order valence-electron chi connectivity index (χ4n) is 2.03. The summed E-state index contributed by atoms with van der Waals surface area (Å²) in [7, 11) is 1.60. The molecule has 0 spiro atoms. The van der Waals surface area contributed by atoms with Crippen LogP contribution in [0.1, 0.15) is 38.9 Å². The standard InChI is InChI=1S/C16H24FNO3/c1-16(2,3)14(21-4)10-18-15(20)9-13(19)11-6-5-7-12(17)8-11/h5-8,13-14,19H,9-10H2,1-4H3,(H,18,20). The quantitative estimate of drug-likeness (QED) is 0.848. The molecule has 118 valence electrons. The topological polar surface area (TPSA) is 58.6 Å². The summed E-state index contributed by atoms with van der Waals surface area (Å²) < 4.78 is 18.4. The Bertz CT molecular complexity index is 471. The van der Waals surface area contributed by atoms with Crippen molar-refractivity contribution in [1.82, 2.24) is 5.32 Å². The van der Waals surface area contributed by atoms with Crippen LogP contribution in [0, 0.1) is 11.2 Å². The number of halogens is 1. The van der Waals surface area contributed by atoms with Gasteiger partial charge in [-0.2, -0.15) is 0 Å². The number of aliphatic hydroxyl groups is 1. The SMILES string of the molecule is COC(CNC(=O)CC(O)c1cccc(F)c1)C(C)(C)C. The summed E-state index contributed by atoms with van der Waals surface area (Å²) in [5, 5.41) is 12.7. The van der Waals surface area contributed by atoms with Gasteiger partial charge in [0.15, 0.2) is 0 Å². The second-order valence-corrected chi connectivity index (χ2v) is 6.17. The van der Waals surface area contributed by atoms with Gasteiger partial charge < -0.3 is 15.2 Å². The van der Waals surface area contributed by atoms with E-state index in [4.69, 9.17) is 4.74 Å². The van der Waals surface area contributed by atoms with Crippen molar-refractivity contribution in [2.24, 2.45) is 5.41 Å². The van der Waals surface area contributed by atoms with E-state index in [1.54, 1.807) is 13.2 Å². The number of hydrogen-bond acceptors (Lipinski definition) is 3. The van der Waals surface area contributed by atoms with E-state index in [0.29, 0.717) is 12.1 Å². The molecule has 1 aromatic rings. The number of nitrogens with one attached hydrogen (secondary N) is 1. The van der Waals surface area contributed by atoms with Crippen molar-refractivity contribution < 1.29 is 19.0 Å². The molecule has 21 heavy (non-hydrogen) atoms. The summed E-state index contributed by atoms with van der Waals surface area (Å²) in [5.41, 5.74) is 0.299. The van der Waals surface area contributed by atoms with Gasteiger partial charge in [0.05, 0.1) is 18.6 Å². The maximum absolute atomic E-state index is 13.1. The molecule has 0 saturated heterocycles. The van der Waals surface area contributed by atoms with E-state index >= 15 is 0 Å². The van der Waals surface area contributed by atoms with E-state index < -0.39 is 11.9 Å². The summed E-state index contributed by atoms with van der Waals surface area (Å²) in [6, 6.07) is 5.62. The summed E-state index contributed by atoms with van der Waals surface area (Å²) in [5.74, 6) is -0.725. The van der Waals surface area contributed by atoms with Crippen molar-refractivity contribution in [3.8, 4) is 0 Å². The number of benzene rings is 1. The smallest absolute Gasteiger partial charge is 0.223 e. The highest BCUT2D eigenvalue weighted by molar-refractivity contribution is 5.76. The molecule has 0 aliphatic heterocycles. The molecule has 5 heteroatoms. The van der Waals surface area contributed by atoms with Crippen LogP contribution in [0.3, 0.4) is 0 Å². The zero-order chi connectivity index (χ0) is 16.0. The third-order valence-electron chi connectivity index (χ3n) is 3.35. The Morgan fingerprint density at radius 2 is 2.10 bits per heavy atom. The number of aliphatic hydroxyl groups excluding tert-OH is 1. The van der Waals surface area contributed by atoms with Crippen molar-refractivity contribution >= 4 is 5.91 Å². The van der Waals surface area contributed by atoms with Crippen LogP contribution in [-0.4, -0.2) is 30.8 Å². The van der Waals surface area contributed by atoms with Crippen molar-refractivity contribution in [3.63, 3.8) is 0 Å². The van der Waals surface area contributed by atoms with Gasteiger partial charge in [0.2, 0.25) is 5.91 Å². The Kier molecular flexibility index (Phi) is 6.30. The second-order valence-electron chi connectivity index (χ2n) is 6.17. The molecule has 2 unspecified atom stereocenters. The molecule has 2 N–H and O–H groups in total. The van der Waals surface area contributed by atoms with Crippen LogP contribution in [-0.2, 0) is 9.53 Å². The lowest BCUT2D eigenvalue weighted by atomic mass is 9.89. The van der Waals surface area contributed by atoms with Gasteiger partial charge in [-0.25, -0.2) is 4.39 Å². The third kappa shape index (κ3) is 5.81. The van der Waals surface area contributed by atoms with Crippen molar-refractivity contribution in [1.29, 1.82) is 0 Å². The second kappa shape index (κ2) is 7.52. The van der Waals surface area contributed by atoms with Gasteiger partial charge in [-0.3, -0.25) is 4.79 Å². The van der Waals surface area contributed by atoms with E-state index in [0.717, 1.165) is 0 Å². The van der Waals surface area contributed by atoms with E-state index in [9.17, 15) is 14.3 Å². The fourth-order valence-corrected chi connectivity index (χ4v) is 2.03. The predicted molar refractivity (Wildman–Crippen MR) is 79.2 cm³/mol. The lowest BCUT2D eigenvalue weighted by molar-refractivity contribution is -0.124. The van der Waals surface area contributed by atoms with Crippen LogP contribution < -0.4 is 5.32 Å². The van der Waals surface area contributed by atoms with Crippen LogP contribution in [0.15, 0.2) is 24.3 Å². The first-order valence-corrected chi connectivity index (χ1v) is 6.97. The predicted octanol–water partition coefficient (Wildman–Crippen LogP) is 2.43. The Labute approximate surface area is 125 Å². The number of rotatable bonds is 6. The Morgan fingerprint density at radius 1 is 1.43 bits per heavy atom. The van der Waals surface area contributed by atoms with Gasteiger partial charge in [-0.15, -0.1) is 0 Å². The van der Waals surface area contributed by atoms with E-state index in [1.165, 1.54) is 18.2 Å². The Hall–Kier alpha value is -1.46. The molecular weight excluding hydrogens is 273 g/mol. The summed E-state index contributed by atoms with van der Waals surface area (Å²) in [6.07, 6.45) is -1.24. The summed E-state index contributed by atoms with van der Waals surface area (Å²) >= 11 is 0. The first-order valence-electron chi connectivity index (χ1n) is 6.97. The highest BCUT2D eigenvalue weighted by Crippen LogP contribution is 2.21. The van der Waals surface area contributed by atoms with E-state index in [-0.39, 0.29) is 23.8 Å². The first-order chi connectivity index (χ1) is 9.74. The minimum Gasteiger partial charge on any atom is -0.388 e. The number of carbonyl (C=O) groups is 1. The molecule has 1 aromatic carbocycles. The number of hydrogen-bond donors (Lipinski definition) is 2. The fraction of sp³-hybridized carbons (Fsp3) is 0.562. The third-order valence-corrected chi connectivity index (χ3v) is 3.35. The lowest BCUT2D eigenvalue weighted by Crippen LogP contribution is -2.40. The highest BCUT2D eigenvalue weighted by atomic mass is 19.1. The molecule has 0 fully saturated rings. The Balaban J connectivity index is 2.50. The van der Waals surface area contributed by atoms with Crippen LogP contribution in [0.5, 0.6) is 0 Å². The van der Waals surface area contributed by atoms with Crippen LogP contribution in [0.2, 0.25) is 0 Å². The summed E-state index contributed by atoms with van der Waals surface area (Å²) in [6.45, 7) is 6.44.